The summed E-state index contributed by atoms with van der Waals surface area (Å²) in [5.41, 5.74) is 6.26. The summed E-state index contributed by atoms with van der Waals surface area (Å²) in [7, 11) is -0.628. The van der Waals surface area contributed by atoms with E-state index in [1.165, 1.54) is 0 Å². The summed E-state index contributed by atoms with van der Waals surface area (Å²) in [6.07, 6.45) is 2.98. The van der Waals surface area contributed by atoms with Crippen LogP contribution in [0, 0.1) is 6.92 Å². The van der Waals surface area contributed by atoms with Crippen molar-refractivity contribution in [2.75, 3.05) is 12.3 Å². The molecule has 3 N–H and O–H groups in total. The summed E-state index contributed by atoms with van der Waals surface area (Å²) in [6.45, 7) is 15.4. The highest BCUT2D eigenvalue weighted by molar-refractivity contribution is 6.56. The lowest BCUT2D eigenvalue weighted by Gasteiger charge is -2.32. The molecule has 0 unspecified atom stereocenters. The molecule has 1 fully saturated rings. The van der Waals surface area contributed by atoms with Crippen LogP contribution in [0.5, 0.6) is 0 Å². The van der Waals surface area contributed by atoms with Crippen LogP contribution in [0.1, 0.15) is 59.7 Å². The van der Waals surface area contributed by atoms with Crippen molar-refractivity contribution in [2.45, 2.75) is 72.2 Å². The van der Waals surface area contributed by atoms with Crippen molar-refractivity contribution in [3.8, 4) is 0 Å². The lowest BCUT2D eigenvalue weighted by molar-refractivity contribution is 0.00578. The van der Waals surface area contributed by atoms with Gasteiger partial charge >= 0.3 is 13.2 Å². The molecule has 1 aliphatic rings. The van der Waals surface area contributed by atoms with Gasteiger partial charge in [0.2, 0.25) is 5.95 Å². The van der Waals surface area contributed by atoms with Crippen molar-refractivity contribution >= 4 is 25.2 Å². The molecule has 0 atom stereocenters. The van der Waals surface area contributed by atoms with Gasteiger partial charge in [-0.15, -0.1) is 0 Å². The highest BCUT2D eigenvalue weighted by Crippen LogP contribution is 2.38. The van der Waals surface area contributed by atoms with E-state index in [9.17, 15) is 4.79 Å². The topological polar surface area (TPSA) is 109 Å². The number of hydrogen-bond donors (Lipinski definition) is 2. The molecular formula is C19H31BN4O4. The molecule has 0 aliphatic carbocycles. The number of nitrogen functional groups attached to an aromatic ring is 1. The second-order valence-electron chi connectivity index (χ2n) is 8.93. The van der Waals surface area contributed by atoms with E-state index in [1.807, 2.05) is 61.5 Å². The molecule has 1 aromatic rings. The first-order chi connectivity index (χ1) is 12.7. The maximum atomic E-state index is 12.1. The molecule has 2 rings (SSSR count). The molecule has 1 aromatic heterocycles. The first kappa shape index (κ1) is 22.2. The SMILES string of the molecule is Cc1nc(N)ncc1C=C(CNC(=O)OC(C)(C)C)B1OC(C)(C)C(C)(C)O1. The van der Waals surface area contributed by atoms with Gasteiger partial charge in [-0.2, -0.15) is 0 Å². The van der Waals surface area contributed by atoms with Crippen LogP contribution in [0.2, 0.25) is 0 Å². The van der Waals surface area contributed by atoms with Crippen molar-refractivity contribution in [1.29, 1.82) is 0 Å². The molecule has 0 bridgehead atoms. The number of hydrogen-bond acceptors (Lipinski definition) is 7. The average molecular weight is 390 g/mol. The third kappa shape index (κ3) is 5.45. The second kappa shape index (κ2) is 7.71. The number of anilines is 1. The second-order valence-corrected chi connectivity index (χ2v) is 8.93. The minimum absolute atomic E-state index is 0.190. The quantitative estimate of drug-likeness (QED) is 0.761. The standard InChI is InChI=1S/C19H31BN4O4/c1-12-13(10-22-15(21)24-12)9-14(11-23-16(25)26-17(2,3)4)20-27-18(5,6)19(7,8)28-20/h9-10H,11H2,1-8H3,(H,23,25)(H2,21,22,24). The van der Waals surface area contributed by atoms with Crippen LogP contribution in [0.4, 0.5) is 10.7 Å². The van der Waals surface area contributed by atoms with Crippen molar-refractivity contribution in [2.24, 2.45) is 0 Å². The summed E-state index contributed by atoms with van der Waals surface area (Å²) in [5, 5.41) is 2.77. The van der Waals surface area contributed by atoms with Gasteiger partial charge < -0.3 is 25.1 Å². The molecule has 0 aromatic carbocycles. The maximum Gasteiger partial charge on any atom is 0.492 e. The first-order valence-electron chi connectivity index (χ1n) is 9.32. The molecule has 0 spiro atoms. The zero-order valence-corrected chi connectivity index (χ0v) is 18.0. The zero-order valence-electron chi connectivity index (χ0n) is 18.0. The van der Waals surface area contributed by atoms with Crippen LogP contribution in [-0.4, -0.2) is 46.5 Å². The summed E-state index contributed by atoms with van der Waals surface area (Å²) in [6, 6.07) is 0. The van der Waals surface area contributed by atoms with E-state index in [4.69, 9.17) is 19.8 Å². The number of rotatable bonds is 4. The van der Waals surface area contributed by atoms with Crippen molar-refractivity contribution in [3.63, 3.8) is 0 Å². The Kier molecular flexibility index (Phi) is 6.11. The molecule has 0 radical (unpaired) electrons. The van der Waals surface area contributed by atoms with Gasteiger partial charge in [0.1, 0.15) is 5.60 Å². The van der Waals surface area contributed by atoms with E-state index in [-0.39, 0.29) is 12.5 Å². The number of amides is 1. The van der Waals surface area contributed by atoms with Crippen LogP contribution in [-0.2, 0) is 14.0 Å². The first-order valence-corrected chi connectivity index (χ1v) is 9.32. The number of aromatic nitrogens is 2. The number of ether oxygens (including phenoxy) is 1. The molecule has 1 aliphatic heterocycles. The Morgan fingerprint density at radius 2 is 1.86 bits per heavy atom. The van der Waals surface area contributed by atoms with E-state index < -0.39 is 30.0 Å². The van der Waals surface area contributed by atoms with Gasteiger partial charge in [0.05, 0.1) is 16.9 Å². The third-order valence-electron chi connectivity index (χ3n) is 4.77. The number of carbonyl (C=O) groups is 1. The fourth-order valence-electron chi connectivity index (χ4n) is 2.52. The number of nitrogens with two attached hydrogens (primary N) is 1. The highest BCUT2D eigenvalue weighted by Gasteiger charge is 2.52. The van der Waals surface area contributed by atoms with Crippen LogP contribution in [0.25, 0.3) is 6.08 Å². The maximum absolute atomic E-state index is 12.1. The lowest BCUT2D eigenvalue weighted by atomic mass is 9.77. The van der Waals surface area contributed by atoms with Crippen molar-refractivity contribution < 1.29 is 18.8 Å². The van der Waals surface area contributed by atoms with Gasteiger partial charge in [0, 0.05) is 18.3 Å². The Morgan fingerprint density at radius 3 is 2.36 bits per heavy atom. The summed E-state index contributed by atoms with van der Waals surface area (Å²) >= 11 is 0. The summed E-state index contributed by atoms with van der Waals surface area (Å²) in [5.74, 6) is 0.207. The van der Waals surface area contributed by atoms with Crippen molar-refractivity contribution in [3.05, 3.63) is 22.9 Å². The summed E-state index contributed by atoms with van der Waals surface area (Å²) < 4.78 is 17.6. The van der Waals surface area contributed by atoms with Crippen molar-refractivity contribution in [1.82, 2.24) is 15.3 Å². The van der Waals surface area contributed by atoms with Gasteiger partial charge in [-0.1, -0.05) is 6.08 Å². The van der Waals surface area contributed by atoms with E-state index in [0.29, 0.717) is 0 Å². The number of aryl methyl sites for hydroxylation is 1. The van der Waals surface area contributed by atoms with Gasteiger partial charge in [-0.3, -0.25) is 0 Å². The molecular weight excluding hydrogens is 359 g/mol. The zero-order chi connectivity index (χ0) is 21.3. The van der Waals surface area contributed by atoms with E-state index in [2.05, 4.69) is 15.3 Å². The third-order valence-corrected chi connectivity index (χ3v) is 4.77. The molecule has 154 valence electrons. The van der Waals surface area contributed by atoms with Crippen LogP contribution < -0.4 is 11.1 Å². The minimum Gasteiger partial charge on any atom is -0.444 e. The Hall–Kier alpha value is -2.13. The Labute approximate surface area is 167 Å². The molecule has 28 heavy (non-hydrogen) atoms. The molecule has 0 saturated carbocycles. The van der Waals surface area contributed by atoms with Gasteiger partial charge in [0.25, 0.3) is 0 Å². The predicted octanol–water partition coefficient (Wildman–Crippen LogP) is 2.91. The Bertz CT molecular complexity index is 756. The number of carbonyl (C=O) groups excluding carboxylic acids is 1. The van der Waals surface area contributed by atoms with E-state index in [1.54, 1.807) is 6.20 Å². The molecule has 1 saturated heterocycles. The number of nitrogens with zero attached hydrogens (tertiary/aromatic N) is 2. The predicted molar refractivity (Wildman–Crippen MR) is 109 cm³/mol. The summed E-state index contributed by atoms with van der Waals surface area (Å²) in [4.78, 5) is 20.3. The Morgan fingerprint density at radius 1 is 1.29 bits per heavy atom. The van der Waals surface area contributed by atoms with Gasteiger partial charge in [-0.05, 0) is 60.9 Å². The molecule has 2 heterocycles. The number of nitrogens with one attached hydrogen (secondary N) is 1. The van der Waals surface area contributed by atoms with Crippen LogP contribution in [0.15, 0.2) is 11.7 Å². The highest BCUT2D eigenvalue weighted by atomic mass is 16.7. The van der Waals surface area contributed by atoms with E-state index >= 15 is 0 Å². The monoisotopic (exact) mass is 390 g/mol. The smallest absolute Gasteiger partial charge is 0.444 e. The number of alkyl carbamates (subject to hydrolysis) is 1. The normalized spacial score (nSPS) is 18.9. The molecule has 1 amide bonds. The van der Waals surface area contributed by atoms with Gasteiger partial charge in [0.15, 0.2) is 0 Å². The van der Waals surface area contributed by atoms with Crippen LogP contribution >= 0.6 is 0 Å². The minimum atomic E-state index is -0.628. The average Bonchev–Trinajstić information content (AvgIpc) is 2.71. The Balaban J connectivity index is 2.28. The van der Waals surface area contributed by atoms with E-state index in [0.717, 1.165) is 16.7 Å². The lowest BCUT2D eigenvalue weighted by Crippen LogP contribution is -2.41. The largest absolute Gasteiger partial charge is 0.492 e. The van der Waals surface area contributed by atoms with Gasteiger partial charge in [-0.25, -0.2) is 14.8 Å². The fraction of sp³-hybridized carbons (Fsp3) is 0.632. The van der Waals surface area contributed by atoms with Crippen LogP contribution in [0.3, 0.4) is 0 Å². The molecule has 9 heteroatoms. The fourth-order valence-corrected chi connectivity index (χ4v) is 2.52. The molecule has 8 nitrogen and oxygen atoms in total.